The molecule has 4 rings (SSSR count). The minimum atomic E-state index is -0.475. The highest BCUT2D eigenvalue weighted by molar-refractivity contribution is 6.51. The number of aliphatic imine (C=N–C) groups is 1. The van der Waals surface area contributed by atoms with Gasteiger partial charge in [-0.1, -0.05) is 36.4 Å². The van der Waals surface area contributed by atoms with Crippen molar-refractivity contribution in [1.29, 1.82) is 0 Å². The largest absolute Gasteiger partial charge is 0.494 e. The molecule has 21 heavy (non-hydrogen) atoms. The van der Waals surface area contributed by atoms with Crippen LogP contribution in [0.3, 0.4) is 0 Å². The molecule has 2 aliphatic rings. The SMILES string of the molecule is O=C1C(c2c(O)[nH]c3c(F)cccc23)=NC2C=CC=CC12. The van der Waals surface area contributed by atoms with Gasteiger partial charge in [-0.05, 0) is 6.07 Å². The maximum absolute atomic E-state index is 13.8. The predicted octanol–water partition coefficient (Wildman–Crippen LogP) is 2.50. The summed E-state index contributed by atoms with van der Waals surface area (Å²) in [6.07, 6.45) is 7.31. The summed E-state index contributed by atoms with van der Waals surface area (Å²) in [5, 5.41) is 10.5. The Bertz CT molecular complexity index is 861. The fraction of sp³-hybridized carbons (Fsp3) is 0.125. The van der Waals surface area contributed by atoms with Crippen LogP contribution in [0.15, 0.2) is 47.5 Å². The van der Waals surface area contributed by atoms with Gasteiger partial charge in [0.1, 0.15) is 11.5 Å². The van der Waals surface area contributed by atoms with Crippen molar-refractivity contribution in [3.63, 3.8) is 0 Å². The van der Waals surface area contributed by atoms with Crippen LogP contribution in [0, 0.1) is 11.7 Å². The number of aromatic nitrogens is 1. The van der Waals surface area contributed by atoms with Crippen LogP contribution in [0.2, 0.25) is 0 Å². The smallest absolute Gasteiger partial charge is 0.199 e. The van der Waals surface area contributed by atoms with Crippen LogP contribution in [0.1, 0.15) is 5.56 Å². The van der Waals surface area contributed by atoms with E-state index in [1.54, 1.807) is 18.2 Å². The molecule has 0 saturated carbocycles. The topological polar surface area (TPSA) is 65.4 Å². The predicted molar refractivity (Wildman–Crippen MR) is 77.0 cm³/mol. The Morgan fingerprint density at radius 1 is 1.24 bits per heavy atom. The van der Waals surface area contributed by atoms with Crippen molar-refractivity contribution in [3.05, 3.63) is 53.9 Å². The molecule has 0 spiro atoms. The van der Waals surface area contributed by atoms with E-state index >= 15 is 0 Å². The number of nitrogens with zero attached hydrogens (tertiary/aromatic N) is 1. The van der Waals surface area contributed by atoms with Crippen molar-refractivity contribution in [3.8, 4) is 5.88 Å². The van der Waals surface area contributed by atoms with E-state index in [-0.39, 0.29) is 40.4 Å². The first-order valence-electron chi connectivity index (χ1n) is 6.63. The number of halogens is 1. The summed E-state index contributed by atoms with van der Waals surface area (Å²) < 4.78 is 13.8. The number of carbonyl (C=O) groups is 1. The Kier molecular flexibility index (Phi) is 2.39. The second-order valence-corrected chi connectivity index (χ2v) is 5.14. The lowest BCUT2D eigenvalue weighted by Crippen LogP contribution is -2.22. The number of rotatable bonds is 1. The van der Waals surface area contributed by atoms with E-state index in [9.17, 15) is 14.3 Å². The number of allylic oxidation sites excluding steroid dienone is 2. The van der Waals surface area contributed by atoms with E-state index in [0.717, 1.165) is 0 Å². The third-order valence-corrected chi connectivity index (χ3v) is 3.92. The average molecular weight is 282 g/mol. The lowest BCUT2D eigenvalue weighted by molar-refractivity contribution is -0.114. The second-order valence-electron chi connectivity index (χ2n) is 5.14. The maximum Gasteiger partial charge on any atom is 0.199 e. The van der Waals surface area contributed by atoms with Gasteiger partial charge in [0.05, 0.1) is 23.0 Å². The highest BCUT2D eigenvalue weighted by atomic mass is 19.1. The van der Waals surface area contributed by atoms with E-state index in [1.165, 1.54) is 6.07 Å². The van der Waals surface area contributed by atoms with Gasteiger partial charge in [0, 0.05) is 5.39 Å². The molecule has 0 radical (unpaired) electrons. The number of ketones is 1. The number of H-pyrrole nitrogens is 1. The van der Waals surface area contributed by atoms with Crippen LogP contribution < -0.4 is 0 Å². The third-order valence-electron chi connectivity index (χ3n) is 3.92. The minimum Gasteiger partial charge on any atom is -0.494 e. The molecule has 2 unspecified atom stereocenters. The number of benzene rings is 1. The molecule has 2 N–H and O–H groups in total. The molecular formula is C16H11FN2O2. The molecule has 104 valence electrons. The van der Waals surface area contributed by atoms with Crippen molar-refractivity contribution in [1.82, 2.24) is 4.98 Å². The second kappa shape index (κ2) is 4.15. The summed E-state index contributed by atoms with van der Waals surface area (Å²) in [5.74, 6) is -1.19. The normalized spacial score (nSPS) is 23.7. The summed E-state index contributed by atoms with van der Waals surface area (Å²) in [7, 11) is 0. The minimum absolute atomic E-state index is 0.152. The Balaban J connectivity index is 1.94. The van der Waals surface area contributed by atoms with Crippen LogP contribution in [0.5, 0.6) is 5.88 Å². The Morgan fingerprint density at radius 3 is 2.86 bits per heavy atom. The number of para-hydroxylation sites is 1. The van der Waals surface area contributed by atoms with Crippen LogP contribution in [-0.2, 0) is 4.79 Å². The van der Waals surface area contributed by atoms with Crippen molar-refractivity contribution < 1.29 is 14.3 Å². The summed E-state index contributed by atoms with van der Waals surface area (Å²) in [6, 6.07) is 4.26. The highest BCUT2D eigenvalue weighted by Gasteiger charge is 2.38. The molecule has 0 bridgehead atoms. The summed E-state index contributed by atoms with van der Waals surface area (Å²) in [6.45, 7) is 0. The van der Waals surface area contributed by atoms with E-state index in [4.69, 9.17) is 0 Å². The fourth-order valence-electron chi connectivity index (χ4n) is 2.93. The van der Waals surface area contributed by atoms with Crippen LogP contribution in [0.25, 0.3) is 10.9 Å². The Morgan fingerprint density at radius 2 is 2.05 bits per heavy atom. The number of carbonyl (C=O) groups excluding carboxylic acids is 1. The van der Waals surface area contributed by atoms with E-state index in [1.807, 2.05) is 18.2 Å². The lowest BCUT2D eigenvalue weighted by Gasteiger charge is -2.10. The Hall–Kier alpha value is -2.69. The molecule has 2 atom stereocenters. The summed E-state index contributed by atoms with van der Waals surface area (Å²) in [4.78, 5) is 19.5. The zero-order chi connectivity index (χ0) is 14.6. The molecule has 2 aromatic rings. The Labute approximate surface area is 119 Å². The lowest BCUT2D eigenvalue weighted by atomic mass is 9.91. The van der Waals surface area contributed by atoms with Crippen LogP contribution in [0.4, 0.5) is 4.39 Å². The molecule has 1 aliphatic carbocycles. The number of hydrogen-bond acceptors (Lipinski definition) is 3. The van der Waals surface area contributed by atoms with E-state index < -0.39 is 5.82 Å². The van der Waals surface area contributed by atoms with Crippen molar-refractivity contribution in [2.75, 3.05) is 0 Å². The van der Waals surface area contributed by atoms with Crippen LogP contribution >= 0.6 is 0 Å². The van der Waals surface area contributed by atoms with Gasteiger partial charge in [-0.2, -0.15) is 0 Å². The molecule has 0 saturated heterocycles. The first-order chi connectivity index (χ1) is 10.2. The van der Waals surface area contributed by atoms with Crippen LogP contribution in [-0.4, -0.2) is 27.6 Å². The van der Waals surface area contributed by atoms with Crippen molar-refractivity contribution >= 4 is 22.4 Å². The molecule has 1 aromatic heterocycles. The van der Waals surface area contributed by atoms with Gasteiger partial charge in [-0.25, -0.2) is 4.39 Å². The van der Waals surface area contributed by atoms with Gasteiger partial charge in [0.2, 0.25) is 0 Å². The van der Waals surface area contributed by atoms with Gasteiger partial charge in [-0.3, -0.25) is 9.79 Å². The van der Waals surface area contributed by atoms with Gasteiger partial charge >= 0.3 is 0 Å². The first-order valence-corrected chi connectivity index (χ1v) is 6.63. The quantitative estimate of drug-likeness (QED) is 0.844. The molecule has 5 heteroatoms. The maximum atomic E-state index is 13.8. The zero-order valence-corrected chi connectivity index (χ0v) is 10.9. The van der Waals surface area contributed by atoms with E-state index in [2.05, 4.69) is 9.98 Å². The molecule has 1 aromatic carbocycles. The van der Waals surface area contributed by atoms with E-state index in [0.29, 0.717) is 5.39 Å². The molecular weight excluding hydrogens is 271 g/mol. The number of fused-ring (bicyclic) bond motifs is 2. The number of hydrogen-bond donors (Lipinski definition) is 2. The third kappa shape index (κ3) is 1.60. The molecule has 0 amide bonds. The average Bonchev–Trinajstić information content (AvgIpc) is 2.98. The number of nitrogens with one attached hydrogen (secondary N) is 1. The van der Waals surface area contributed by atoms with Gasteiger partial charge < -0.3 is 10.1 Å². The van der Waals surface area contributed by atoms with Crippen molar-refractivity contribution in [2.24, 2.45) is 10.9 Å². The molecule has 2 heterocycles. The summed E-state index contributed by atoms with van der Waals surface area (Å²) >= 11 is 0. The number of aromatic hydroxyl groups is 1. The number of Topliss-reactive ketones (excluding diaryl/α,β-unsaturated/α-hetero) is 1. The first kappa shape index (κ1) is 12.1. The number of aromatic amines is 1. The fourth-order valence-corrected chi connectivity index (χ4v) is 2.93. The highest BCUT2D eigenvalue weighted by Crippen LogP contribution is 2.34. The molecule has 1 aliphatic heterocycles. The standard InChI is InChI=1S/C16H11FN2O2/c17-10-6-3-5-9-12(16(21)19-13(9)10)14-15(20)8-4-1-2-7-11(8)18-14/h1-8,11,19,21H. The summed E-state index contributed by atoms with van der Waals surface area (Å²) in [5.41, 5.74) is 0.669. The monoisotopic (exact) mass is 282 g/mol. The van der Waals surface area contributed by atoms with Crippen molar-refractivity contribution in [2.45, 2.75) is 6.04 Å². The van der Waals surface area contributed by atoms with Gasteiger partial charge in [0.25, 0.3) is 0 Å². The zero-order valence-electron chi connectivity index (χ0n) is 10.9. The van der Waals surface area contributed by atoms with Gasteiger partial charge in [0.15, 0.2) is 11.7 Å². The molecule has 0 fully saturated rings. The van der Waals surface area contributed by atoms with Gasteiger partial charge in [-0.15, -0.1) is 0 Å². The molecule has 4 nitrogen and oxygen atoms in total.